The van der Waals surface area contributed by atoms with Crippen molar-refractivity contribution >= 4 is 28.8 Å². The Labute approximate surface area is 210 Å². The van der Waals surface area contributed by atoms with Crippen molar-refractivity contribution in [2.45, 2.75) is 70.6 Å². The maximum absolute atomic E-state index is 12.6. The van der Waals surface area contributed by atoms with Crippen LogP contribution in [0.25, 0.3) is 11.0 Å². The summed E-state index contributed by atoms with van der Waals surface area (Å²) in [5.74, 6) is 0.281. The van der Waals surface area contributed by atoms with Gasteiger partial charge in [-0.25, -0.2) is 14.8 Å². The largest absolute Gasteiger partial charge is 0.481 e. The Balaban J connectivity index is 1.60. The fourth-order valence-corrected chi connectivity index (χ4v) is 5.69. The second-order valence-corrected chi connectivity index (χ2v) is 9.77. The van der Waals surface area contributed by atoms with Gasteiger partial charge in [0, 0.05) is 29.9 Å². The van der Waals surface area contributed by atoms with Gasteiger partial charge in [0.05, 0.1) is 29.7 Å². The zero-order chi connectivity index (χ0) is 25.4. The molecule has 0 spiro atoms. The third-order valence-corrected chi connectivity index (χ3v) is 7.56. The summed E-state index contributed by atoms with van der Waals surface area (Å²) in [6.07, 6.45) is 5.34. The molecule has 1 saturated carbocycles. The molecule has 1 aliphatic heterocycles. The minimum absolute atomic E-state index is 0.0293. The van der Waals surface area contributed by atoms with Crippen molar-refractivity contribution in [1.82, 2.24) is 14.5 Å². The summed E-state index contributed by atoms with van der Waals surface area (Å²) in [5, 5.41) is 9.49. The molecule has 9 heteroatoms. The minimum atomic E-state index is -0.720. The fraction of sp³-hybridized carbons (Fsp3) is 0.481. The average Bonchev–Trinajstić information content (AvgIpc) is 3.29. The molecule has 0 saturated heterocycles. The molecule has 1 unspecified atom stereocenters. The molecule has 2 aliphatic rings. The van der Waals surface area contributed by atoms with Gasteiger partial charge in [0.2, 0.25) is 5.88 Å². The number of aliphatic carboxylic acids is 1. The lowest BCUT2D eigenvalue weighted by Crippen LogP contribution is -2.42. The van der Waals surface area contributed by atoms with Crippen LogP contribution in [0.15, 0.2) is 36.5 Å². The number of aromatic nitrogens is 3. The number of aryl methyl sites for hydroxylation is 1. The summed E-state index contributed by atoms with van der Waals surface area (Å²) in [7, 11) is 1.40. The molecule has 1 amide bonds. The summed E-state index contributed by atoms with van der Waals surface area (Å²) in [5.41, 5.74) is 3.70. The number of methoxy groups -OCH3 is 1. The number of nitrogens with zero attached hydrogens (tertiary/aromatic N) is 4. The van der Waals surface area contributed by atoms with E-state index < -0.39 is 5.97 Å². The van der Waals surface area contributed by atoms with E-state index in [9.17, 15) is 14.7 Å². The van der Waals surface area contributed by atoms with Crippen molar-refractivity contribution in [2.24, 2.45) is 5.92 Å². The number of benzene rings is 1. The van der Waals surface area contributed by atoms with E-state index in [2.05, 4.69) is 9.55 Å². The normalized spacial score (nSPS) is 22.6. The summed E-state index contributed by atoms with van der Waals surface area (Å²) in [6.45, 7) is 3.99. The Morgan fingerprint density at radius 3 is 2.56 bits per heavy atom. The molecule has 190 valence electrons. The molecule has 3 aromatic rings. The number of carbonyl (C=O) groups is 2. The Morgan fingerprint density at radius 1 is 1.11 bits per heavy atom. The van der Waals surface area contributed by atoms with Crippen molar-refractivity contribution in [3.8, 4) is 5.88 Å². The first kappa shape index (κ1) is 24.1. The van der Waals surface area contributed by atoms with E-state index in [-0.39, 0.29) is 30.2 Å². The van der Waals surface area contributed by atoms with E-state index in [1.807, 2.05) is 44.2 Å². The van der Waals surface area contributed by atoms with Crippen LogP contribution in [0.1, 0.15) is 69.5 Å². The van der Waals surface area contributed by atoms with Crippen molar-refractivity contribution in [3.05, 3.63) is 47.9 Å². The molecule has 0 bridgehead atoms. The van der Waals surface area contributed by atoms with Crippen LogP contribution in [-0.4, -0.2) is 44.9 Å². The molecule has 3 heterocycles. The molecule has 36 heavy (non-hydrogen) atoms. The molecule has 2 atom stereocenters. The Morgan fingerprint density at radius 2 is 1.89 bits per heavy atom. The van der Waals surface area contributed by atoms with Crippen LogP contribution in [-0.2, 0) is 16.0 Å². The minimum Gasteiger partial charge on any atom is -0.481 e. The van der Waals surface area contributed by atoms with Gasteiger partial charge >= 0.3 is 12.1 Å². The van der Waals surface area contributed by atoms with Crippen LogP contribution >= 0.6 is 0 Å². The van der Waals surface area contributed by atoms with Crippen LogP contribution < -0.4 is 9.64 Å². The van der Waals surface area contributed by atoms with Crippen LogP contribution in [0.4, 0.5) is 10.5 Å². The van der Waals surface area contributed by atoms with Gasteiger partial charge in [-0.1, -0.05) is 6.07 Å². The first-order valence-corrected chi connectivity index (χ1v) is 12.6. The number of hydrogen-bond acceptors (Lipinski definition) is 6. The standard InChI is InChI=1S/C27H32N4O5/c1-16-7-12-20-21(30(16)27(34)35-3)13-14-22-24(20)29-25(17(2)36-23-6-4-5-15-28-23)31(22)19-10-8-18(9-11-19)26(32)33/h4-6,13-19H,7-12H2,1-3H3,(H,32,33)/t16-,17?,18?,19?/m0/s1. The van der Waals surface area contributed by atoms with E-state index in [1.54, 1.807) is 11.1 Å². The maximum Gasteiger partial charge on any atom is 0.414 e. The lowest BCUT2D eigenvalue weighted by Gasteiger charge is -2.34. The first-order chi connectivity index (χ1) is 17.4. The SMILES string of the molecule is COC(=O)N1c2ccc3c(nc(C(C)Oc4ccccn4)n3C3CCC(C(=O)O)CC3)c2CC[C@@H]1C. The molecular formula is C27H32N4O5. The fourth-order valence-electron chi connectivity index (χ4n) is 5.69. The zero-order valence-corrected chi connectivity index (χ0v) is 20.9. The van der Waals surface area contributed by atoms with Gasteiger partial charge in [0.15, 0.2) is 11.9 Å². The van der Waals surface area contributed by atoms with Gasteiger partial charge in [-0.2, -0.15) is 0 Å². The smallest absolute Gasteiger partial charge is 0.414 e. The molecule has 9 nitrogen and oxygen atoms in total. The van der Waals surface area contributed by atoms with Gasteiger partial charge in [0.25, 0.3) is 0 Å². The quantitative estimate of drug-likeness (QED) is 0.515. The van der Waals surface area contributed by atoms with Gasteiger partial charge in [-0.3, -0.25) is 9.69 Å². The lowest BCUT2D eigenvalue weighted by molar-refractivity contribution is -0.143. The molecule has 1 N–H and O–H groups in total. The second-order valence-electron chi connectivity index (χ2n) is 9.77. The molecular weight excluding hydrogens is 460 g/mol. The van der Waals surface area contributed by atoms with Gasteiger partial charge < -0.3 is 19.1 Å². The summed E-state index contributed by atoms with van der Waals surface area (Å²) in [6, 6.07) is 9.70. The highest BCUT2D eigenvalue weighted by Gasteiger charge is 2.34. The topological polar surface area (TPSA) is 107 Å². The van der Waals surface area contributed by atoms with Crippen molar-refractivity contribution in [3.63, 3.8) is 0 Å². The van der Waals surface area contributed by atoms with E-state index in [0.717, 1.165) is 53.8 Å². The molecule has 5 rings (SSSR count). The molecule has 0 radical (unpaired) electrons. The highest BCUT2D eigenvalue weighted by molar-refractivity contribution is 5.95. The summed E-state index contributed by atoms with van der Waals surface area (Å²) in [4.78, 5) is 35.3. The van der Waals surface area contributed by atoms with E-state index in [0.29, 0.717) is 18.7 Å². The second kappa shape index (κ2) is 9.79. The third-order valence-electron chi connectivity index (χ3n) is 7.56. The highest BCUT2D eigenvalue weighted by atomic mass is 16.5. The number of carbonyl (C=O) groups excluding carboxylic acids is 1. The molecule has 1 fully saturated rings. The Hall–Kier alpha value is -3.62. The first-order valence-electron chi connectivity index (χ1n) is 12.6. The lowest BCUT2D eigenvalue weighted by atomic mass is 9.85. The maximum atomic E-state index is 12.6. The van der Waals surface area contributed by atoms with E-state index in [1.165, 1.54) is 7.11 Å². The van der Waals surface area contributed by atoms with Crippen LogP contribution in [0.3, 0.4) is 0 Å². The van der Waals surface area contributed by atoms with Gasteiger partial charge in [0.1, 0.15) is 0 Å². The average molecular weight is 493 g/mol. The number of pyridine rings is 1. The molecule has 1 aliphatic carbocycles. The van der Waals surface area contributed by atoms with Crippen LogP contribution in [0.5, 0.6) is 5.88 Å². The van der Waals surface area contributed by atoms with Crippen molar-refractivity contribution in [1.29, 1.82) is 0 Å². The Kier molecular flexibility index (Phi) is 6.55. The van der Waals surface area contributed by atoms with Gasteiger partial charge in [-0.15, -0.1) is 0 Å². The highest BCUT2D eigenvalue weighted by Crippen LogP contribution is 2.41. The van der Waals surface area contributed by atoms with E-state index >= 15 is 0 Å². The number of hydrogen-bond donors (Lipinski definition) is 1. The third kappa shape index (κ3) is 4.27. The van der Waals surface area contributed by atoms with Crippen molar-refractivity contribution in [2.75, 3.05) is 12.0 Å². The number of carboxylic acid groups (broad SMARTS) is 1. The number of ether oxygens (including phenoxy) is 2. The monoisotopic (exact) mass is 492 g/mol. The number of imidazole rings is 1. The zero-order valence-electron chi connectivity index (χ0n) is 20.9. The number of amides is 1. The predicted octanol–water partition coefficient (Wildman–Crippen LogP) is 5.29. The number of carboxylic acids is 1. The summed E-state index contributed by atoms with van der Waals surface area (Å²) >= 11 is 0. The number of rotatable bonds is 5. The van der Waals surface area contributed by atoms with Crippen LogP contribution in [0.2, 0.25) is 0 Å². The summed E-state index contributed by atoms with van der Waals surface area (Å²) < 4.78 is 13.5. The Bertz CT molecular complexity index is 1270. The van der Waals surface area contributed by atoms with Crippen LogP contribution in [0, 0.1) is 5.92 Å². The van der Waals surface area contributed by atoms with Crippen molar-refractivity contribution < 1.29 is 24.2 Å². The van der Waals surface area contributed by atoms with Gasteiger partial charge in [-0.05, 0) is 70.6 Å². The molecule has 1 aromatic carbocycles. The number of fused-ring (bicyclic) bond motifs is 3. The molecule has 2 aromatic heterocycles. The van der Waals surface area contributed by atoms with E-state index in [4.69, 9.17) is 14.5 Å². The number of anilines is 1. The predicted molar refractivity (Wildman–Crippen MR) is 134 cm³/mol.